The number of pyridine rings is 2. The number of rotatable bonds is 4. The zero-order chi connectivity index (χ0) is 18.8. The van der Waals surface area contributed by atoms with Crippen LogP contribution in [0, 0.1) is 18.6 Å². The Kier molecular flexibility index (Phi) is 4.84. The number of aromatic nitrogens is 2. The molecule has 0 unspecified atom stereocenters. The lowest BCUT2D eigenvalue weighted by molar-refractivity contribution is 0.470. The molecule has 1 aromatic carbocycles. The second-order valence-corrected chi connectivity index (χ2v) is 6.33. The highest BCUT2D eigenvalue weighted by molar-refractivity contribution is 5.71. The summed E-state index contributed by atoms with van der Waals surface area (Å²) in [5.74, 6) is -1.32. The van der Waals surface area contributed by atoms with Crippen LogP contribution in [0.4, 0.5) is 20.3 Å². The monoisotopic (exact) mass is 355 g/mol. The van der Waals surface area contributed by atoms with Gasteiger partial charge in [0, 0.05) is 6.20 Å². The molecule has 2 N–H and O–H groups in total. The van der Waals surface area contributed by atoms with Crippen LogP contribution in [-0.4, -0.2) is 15.1 Å². The largest absolute Gasteiger partial charge is 0.507 e. The number of benzene rings is 1. The highest BCUT2D eigenvalue weighted by atomic mass is 19.1. The Morgan fingerprint density at radius 2 is 1.81 bits per heavy atom. The molecule has 3 rings (SSSR count). The predicted octanol–water partition coefficient (Wildman–Crippen LogP) is 5.30. The summed E-state index contributed by atoms with van der Waals surface area (Å²) in [6.45, 7) is 5.98. The van der Waals surface area contributed by atoms with Gasteiger partial charge in [0.25, 0.3) is 0 Å². The van der Waals surface area contributed by atoms with Gasteiger partial charge >= 0.3 is 0 Å². The van der Waals surface area contributed by atoms with Gasteiger partial charge in [-0.05, 0) is 48.7 Å². The van der Waals surface area contributed by atoms with E-state index >= 15 is 0 Å². The van der Waals surface area contributed by atoms with Gasteiger partial charge in [-0.3, -0.25) is 4.98 Å². The maximum absolute atomic E-state index is 14.3. The van der Waals surface area contributed by atoms with Gasteiger partial charge in [0.05, 0.1) is 16.9 Å². The molecule has 0 bridgehead atoms. The third kappa shape index (κ3) is 3.35. The van der Waals surface area contributed by atoms with Crippen LogP contribution in [0.2, 0.25) is 0 Å². The summed E-state index contributed by atoms with van der Waals surface area (Å²) in [6.07, 6.45) is 1.73. The van der Waals surface area contributed by atoms with Crippen molar-refractivity contribution in [1.82, 2.24) is 9.97 Å². The first-order chi connectivity index (χ1) is 12.4. The Morgan fingerprint density at radius 1 is 1.04 bits per heavy atom. The SMILES string of the molecule is Cc1ccnc(C(C)C)c1Nc1ccc(F)c(-c2c(O)cccc2F)n1. The van der Waals surface area contributed by atoms with Gasteiger partial charge in [0.2, 0.25) is 0 Å². The molecule has 0 fully saturated rings. The van der Waals surface area contributed by atoms with Crippen molar-refractivity contribution < 1.29 is 13.9 Å². The fourth-order valence-corrected chi connectivity index (χ4v) is 2.74. The first kappa shape index (κ1) is 17.8. The summed E-state index contributed by atoms with van der Waals surface area (Å²) in [6, 6.07) is 8.31. The van der Waals surface area contributed by atoms with E-state index in [9.17, 15) is 13.9 Å². The van der Waals surface area contributed by atoms with Crippen molar-refractivity contribution in [1.29, 1.82) is 0 Å². The number of aryl methyl sites for hydroxylation is 1. The van der Waals surface area contributed by atoms with E-state index < -0.39 is 11.6 Å². The highest BCUT2D eigenvalue weighted by Gasteiger charge is 2.18. The number of phenols is 1. The summed E-state index contributed by atoms with van der Waals surface area (Å²) in [7, 11) is 0. The van der Waals surface area contributed by atoms with E-state index in [1.54, 1.807) is 6.20 Å². The topological polar surface area (TPSA) is 58.0 Å². The fourth-order valence-electron chi connectivity index (χ4n) is 2.74. The third-order valence-corrected chi connectivity index (χ3v) is 4.06. The van der Waals surface area contributed by atoms with Crippen LogP contribution in [0.25, 0.3) is 11.3 Å². The quantitative estimate of drug-likeness (QED) is 0.666. The van der Waals surface area contributed by atoms with Crippen LogP contribution in [0.15, 0.2) is 42.6 Å². The summed E-state index contributed by atoms with van der Waals surface area (Å²) in [4.78, 5) is 8.58. The van der Waals surface area contributed by atoms with Crippen LogP contribution >= 0.6 is 0 Å². The molecule has 0 saturated carbocycles. The third-order valence-electron chi connectivity index (χ3n) is 4.06. The fraction of sp³-hybridized carbons (Fsp3) is 0.200. The second kappa shape index (κ2) is 7.07. The smallest absolute Gasteiger partial charge is 0.149 e. The van der Waals surface area contributed by atoms with Crippen LogP contribution in [-0.2, 0) is 0 Å². The number of phenolic OH excluding ortho intramolecular Hbond substituents is 1. The molecule has 6 heteroatoms. The number of hydrogen-bond donors (Lipinski definition) is 2. The maximum atomic E-state index is 14.3. The van der Waals surface area contributed by atoms with E-state index in [1.807, 2.05) is 26.8 Å². The average Bonchev–Trinajstić information content (AvgIpc) is 2.59. The number of hydrogen-bond acceptors (Lipinski definition) is 4. The van der Waals surface area contributed by atoms with Gasteiger partial charge in [-0.1, -0.05) is 19.9 Å². The first-order valence-corrected chi connectivity index (χ1v) is 8.25. The molecule has 0 saturated heterocycles. The number of nitrogens with one attached hydrogen (secondary N) is 1. The molecule has 134 valence electrons. The van der Waals surface area contributed by atoms with Crippen molar-refractivity contribution in [3.05, 3.63) is 65.5 Å². The second-order valence-electron chi connectivity index (χ2n) is 6.33. The molecule has 0 aliphatic carbocycles. The number of nitrogens with zero attached hydrogens (tertiary/aromatic N) is 2. The van der Waals surface area contributed by atoms with Crippen LogP contribution in [0.3, 0.4) is 0 Å². The van der Waals surface area contributed by atoms with Gasteiger partial charge in [-0.15, -0.1) is 0 Å². The first-order valence-electron chi connectivity index (χ1n) is 8.25. The summed E-state index contributed by atoms with van der Waals surface area (Å²) in [5.41, 5.74) is 2.08. The lowest BCUT2D eigenvalue weighted by Crippen LogP contribution is -2.05. The van der Waals surface area contributed by atoms with Crippen molar-refractivity contribution >= 4 is 11.5 Å². The molecule has 0 aliphatic rings. The summed E-state index contributed by atoms with van der Waals surface area (Å²) in [5, 5.41) is 13.1. The van der Waals surface area contributed by atoms with Crippen molar-refractivity contribution in [3.8, 4) is 17.0 Å². The Balaban J connectivity index is 2.08. The van der Waals surface area contributed by atoms with E-state index in [4.69, 9.17) is 0 Å². The minimum Gasteiger partial charge on any atom is -0.507 e. The molecule has 0 aliphatic heterocycles. The number of aromatic hydroxyl groups is 1. The number of halogens is 2. The van der Waals surface area contributed by atoms with Crippen LogP contribution in [0.1, 0.15) is 31.0 Å². The molecule has 4 nitrogen and oxygen atoms in total. The van der Waals surface area contributed by atoms with Crippen LogP contribution in [0.5, 0.6) is 5.75 Å². The van der Waals surface area contributed by atoms with E-state index in [0.717, 1.165) is 23.0 Å². The molecule has 0 radical (unpaired) electrons. The van der Waals surface area contributed by atoms with E-state index in [-0.39, 0.29) is 22.9 Å². The molecule has 0 amide bonds. The van der Waals surface area contributed by atoms with Gasteiger partial charge in [-0.2, -0.15) is 0 Å². The van der Waals surface area contributed by atoms with Crippen molar-refractivity contribution in [2.75, 3.05) is 5.32 Å². The number of anilines is 2. The lowest BCUT2D eigenvalue weighted by atomic mass is 10.0. The Morgan fingerprint density at radius 3 is 2.50 bits per heavy atom. The molecule has 0 atom stereocenters. The predicted molar refractivity (Wildman–Crippen MR) is 97.6 cm³/mol. The molecule has 0 spiro atoms. The minimum atomic E-state index is -0.742. The Hall–Kier alpha value is -3.02. The maximum Gasteiger partial charge on any atom is 0.149 e. The molecular formula is C20H19F2N3O. The summed E-state index contributed by atoms with van der Waals surface area (Å²) < 4.78 is 28.4. The zero-order valence-electron chi connectivity index (χ0n) is 14.7. The Labute approximate surface area is 150 Å². The highest BCUT2D eigenvalue weighted by Crippen LogP contribution is 2.34. The molecule has 2 heterocycles. The average molecular weight is 355 g/mol. The van der Waals surface area contributed by atoms with Crippen LogP contribution < -0.4 is 5.32 Å². The minimum absolute atomic E-state index is 0.174. The zero-order valence-corrected chi connectivity index (χ0v) is 14.7. The Bertz CT molecular complexity index is 938. The van der Waals surface area contributed by atoms with Gasteiger partial charge in [0.1, 0.15) is 28.9 Å². The summed E-state index contributed by atoms with van der Waals surface area (Å²) >= 11 is 0. The lowest BCUT2D eigenvalue weighted by Gasteiger charge is -2.16. The molecule has 26 heavy (non-hydrogen) atoms. The van der Waals surface area contributed by atoms with E-state index in [0.29, 0.717) is 5.82 Å². The van der Waals surface area contributed by atoms with E-state index in [2.05, 4.69) is 15.3 Å². The van der Waals surface area contributed by atoms with E-state index in [1.165, 1.54) is 24.3 Å². The molecular weight excluding hydrogens is 336 g/mol. The van der Waals surface area contributed by atoms with Crippen molar-refractivity contribution in [2.45, 2.75) is 26.7 Å². The van der Waals surface area contributed by atoms with Crippen molar-refractivity contribution in [2.24, 2.45) is 0 Å². The van der Waals surface area contributed by atoms with Gasteiger partial charge in [-0.25, -0.2) is 13.8 Å². The van der Waals surface area contributed by atoms with Gasteiger partial charge in [0.15, 0.2) is 0 Å². The van der Waals surface area contributed by atoms with Crippen molar-refractivity contribution in [3.63, 3.8) is 0 Å². The van der Waals surface area contributed by atoms with Gasteiger partial charge < -0.3 is 10.4 Å². The molecule has 2 aromatic heterocycles. The molecule has 3 aromatic rings. The normalized spacial score (nSPS) is 11.0. The standard InChI is InChI=1S/C20H19F2N3O/c1-11(2)18-19(12(3)9-10-23-18)24-16-8-7-14(22)20(25-16)17-13(21)5-4-6-15(17)26/h4-11,26H,1-3H3,(H,24,25).